The third-order valence-corrected chi connectivity index (χ3v) is 13.5. The maximum absolute atomic E-state index is 12.7. The number of ether oxygens (including phenoxy) is 2. The molecule has 0 aromatic carbocycles. The van der Waals surface area contributed by atoms with Gasteiger partial charge in [-0.15, -0.1) is 0 Å². The molecule has 0 aromatic heterocycles. The molecule has 2 atom stereocenters. The van der Waals surface area contributed by atoms with Crippen molar-refractivity contribution in [2.75, 3.05) is 26.4 Å². The normalized spacial score (nSPS) is 14.0. The van der Waals surface area contributed by atoms with Gasteiger partial charge >= 0.3 is 19.8 Å². The molecule has 0 bridgehead atoms. The molecule has 0 amide bonds. The van der Waals surface area contributed by atoms with Gasteiger partial charge in [0.25, 0.3) is 0 Å². The topological polar surface area (TPSA) is 134 Å². The number of hydrogen-bond acceptors (Lipinski definition) is 8. The molecule has 2 unspecified atom stereocenters. The molecule has 0 fully saturated rings. The second-order valence-corrected chi connectivity index (χ2v) is 21.3. The van der Waals surface area contributed by atoms with Crippen LogP contribution >= 0.6 is 7.82 Å². The zero-order valence-corrected chi connectivity index (χ0v) is 49.8. The van der Waals surface area contributed by atoms with Crippen LogP contribution in [0.2, 0.25) is 0 Å². The summed E-state index contributed by atoms with van der Waals surface area (Å²) in [6.07, 6.45) is 86.5. The van der Waals surface area contributed by atoms with E-state index in [1.54, 1.807) is 0 Å². The molecule has 0 aliphatic rings. The van der Waals surface area contributed by atoms with Gasteiger partial charge in [0, 0.05) is 19.4 Å². The number of carbonyl (C=O) groups excluding carboxylic acids is 2. The Hall–Kier alpha value is -3.85. The van der Waals surface area contributed by atoms with Crippen LogP contribution in [0.5, 0.6) is 0 Å². The average Bonchev–Trinajstić information content (AvgIpc) is 3.42. The van der Waals surface area contributed by atoms with Crippen molar-refractivity contribution in [1.82, 2.24) is 0 Å². The minimum atomic E-state index is -4.40. The standard InChI is InChI=1S/C67H112NO8P/c1-3-5-7-9-11-13-15-17-19-21-23-25-27-29-31-32-34-35-37-39-41-43-45-47-49-51-53-55-57-59-66(69)73-63-65(64-75-77(71,72)74-62-61-68)76-67(70)60-58-56-54-52-50-48-46-44-42-40-38-36-33-30-28-26-24-22-20-18-16-14-12-10-8-6-4-2/h5-8,11-14,17-20,23-26,30,33,38,40,44,46,65H,3-4,9-10,15-16,21-22,27-29,31-32,34-37,39,41-43,45,47-64,68H2,1-2H3,(H,71,72)/b7-5-,8-6-,13-11-,14-12-,19-17-,20-18-,25-23-,26-24-,33-30-,40-38-,46-44-. The molecule has 0 aliphatic carbocycles. The van der Waals surface area contributed by atoms with Crippen LogP contribution in [0.25, 0.3) is 0 Å². The van der Waals surface area contributed by atoms with E-state index in [0.29, 0.717) is 6.42 Å². The van der Waals surface area contributed by atoms with Gasteiger partial charge in [0.2, 0.25) is 0 Å². The quantitative estimate of drug-likeness (QED) is 0.0264. The van der Waals surface area contributed by atoms with Crippen molar-refractivity contribution in [1.29, 1.82) is 0 Å². The van der Waals surface area contributed by atoms with Gasteiger partial charge in [-0.3, -0.25) is 18.6 Å². The number of carbonyl (C=O) groups is 2. The molecule has 0 aromatic rings. The summed E-state index contributed by atoms with van der Waals surface area (Å²) >= 11 is 0. The Morgan fingerprint density at radius 2 is 0.675 bits per heavy atom. The van der Waals surface area contributed by atoms with Crippen molar-refractivity contribution in [3.05, 3.63) is 134 Å². The van der Waals surface area contributed by atoms with Gasteiger partial charge in [-0.1, -0.05) is 257 Å². The van der Waals surface area contributed by atoms with E-state index in [2.05, 4.69) is 148 Å². The maximum Gasteiger partial charge on any atom is 0.472 e. The summed E-state index contributed by atoms with van der Waals surface area (Å²) in [5.41, 5.74) is 5.39. The molecular weight excluding hydrogens is 978 g/mol. The highest BCUT2D eigenvalue weighted by Gasteiger charge is 2.26. The lowest BCUT2D eigenvalue weighted by Crippen LogP contribution is -2.29. The molecular formula is C67H112NO8P. The summed E-state index contributed by atoms with van der Waals surface area (Å²) in [5, 5.41) is 0. The highest BCUT2D eigenvalue weighted by Crippen LogP contribution is 2.43. The summed E-state index contributed by atoms with van der Waals surface area (Å²) in [4.78, 5) is 35.3. The van der Waals surface area contributed by atoms with Crippen LogP contribution in [0.15, 0.2) is 134 Å². The summed E-state index contributed by atoms with van der Waals surface area (Å²) in [5.74, 6) is -0.854. The smallest absolute Gasteiger partial charge is 0.462 e. The van der Waals surface area contributed by atoms with Crippen LogP contribution in [0.1, 0.15) is 245 Å². The van der Waals surface area contributed by atoms with Gasteiger partial charge in [-0.2, -0.15) is 0 Å². The molecule has 3 N–H and O–H groups in total. The third kappa shape index (κ3) is 61.2. The van der Waals surface area contributed by atoms with Crippen LogP contribution in [0, 0.1) is 0 Å². The van der Waals surface area contributed by atoms with Crippen LogP contribution in [-0.4, -0.2) is 49.3 Å². The van der Waals surface area contributed by atoms with Crippen molar-refractivity contribution in [2.24, 2.45) is 5.73 Å². The molecule has 0 radical (unpaired) electrons. The summed E-state index contributed by atoms with van der Waals surface area (Å²) in [6, 6.07) is 0. The Morgan fingerprint density at radius 1 is 0.390 bits per heavy atom. The van der Waals surface area contributed by atoms with Crippen molar-refractivity contribution in [3.8, 4) is 0 Å². The van der Waals surface area contributed by atoms with Gasteiger partial charge in [-0.25, -0.2) is 4.57 Å². The molecule has 0 aliphatic heterocycles. The average molecular weight is 1090 g/mol. The highest BCUT2D eigenvalue weighted by molar-refractivity contribution is 7.47. The van der Waals surface area contributed by atoms with Gasteiger partial charge in [0.1, 0.15) is 6.61 Å². The van der Waals surface area contributed by atoms with Crippen molar-refractivity contribution < 1.29 is 37.6 Å². The second-order valence-electron chi connectivity index (χ2n) is 19.8. The third-order valence-electron chi connectivity index (χ3n) is 12.5. The predicted molar refractivity (Wildman–Crippen MR) is 330 cm³/mol. The monoisotopic (exact) mass is 1090 g/mol. The summed E-state index contributed by atoms with van der Waals surface area (Å²) < 4.78 is 33.1. The molecule has 438 valence electrons. The van der Waals surface area contributed by atoms with E-state index in [1.165, 1.54) is 89.9 Å². The first-order valence-corrected chi connectivity index (χ1v) is 32.2. The number of rotatable bonds is 56. The Morgan fingerprint density at radius 3 is 1.00 bits per heavy atom. The predicted octanol–water partition coefficient (Wildman–Crippen LogP) is 19.7. The molecule has 9 nitrogen and oxygen atoms in total. The largest absolute Gasteiger partial charge is 0.472 e. The molecule has 0 saturated carbocycles. The number of unbranched alkanes of at least 4 members (excludes halogenated alkanes) is 21. The van der Waals surface area contributed by atoms with Gasteiger partial charge in [0.15, 0.2) is 6.10 Å². The summed E-state index contributed by atoms with van der Waals surface area (Å²) in [7, 11) is -4.40. The molecule has 0 rings (SSSR count). The van der Waals surface area contributed by atoms with Gasteiger partial charge < -0.3 is 20.1 Å². The number of phosphoric ester groups is 1. The zero-order chi connectivity index (χ0) is 55.9. The van der Waals surface area contributed by atoms with E-state index in [1.807, 2.05) is 0 Å². The first kappa shape index (κ1) is 73.2. The lowest BCUT2D eigenvalue weighted by Gasteiger charge is -2.19. The van der Waals surface area contributed by atoms with E-state index in [9.17, 15) is 19.0 Å². The Labute approximate surface area is 472 Å². The lowest BCUT2D eigenvalue weighted by molar-refractivity contribution is -0.161. The molecule has 0 spiro atoms. The fraction of sp³-hybridized carbons (Fsp3) is 0.642. The first-order chi connectivity index (χ1) is 37.8. The SMILES string of the molecule is CC/C=C\C/C=C\C/C=C\C/C=C\C/C=C\C/C=C\C/C=C\CCCCCCCC(=O)OC(COC(=O)CCCCCCCCCCCCCCCCCC/C=C\C/C=C\C/C=C\C/C=C\CC)COP(=O)(O)OCCN. The number of nitrogens with two attached hydrogens (primary N) is 1. The molecule has 10 heteroatoms. The van der Waals surface area contributed by atoms with Crippen molar-refractivity contribution >= 4 is 19.8 Å². The van der Waals surface area contributed by atoms with Crippen LogP contribution in [0.3, 0.4) is 0 Å². The van der Waals surface area contributed by atoms with Crippen molar-refractivity contribution in [3.63, 3.8) is 0 Å². The fourth-order valence-corrected chi connectivity index (χ4v) is 8.84. The van der Waals surface area contributed by atoms with E-state index >= 15 is 0 Å². The van der Waals surface area contributed by atoms with Crippen LogP contribution < -0.4 is 5.73 Å². The Bertz CT molecular complexity index is 1720. The van der Waals surface area contributed by atoms with Gasteiger partial charge in [-0.05, 0) is 109 Å². The maximum atomic E-state index is 12.7. The van der Waals surface area contributed by atoms with E-state index in [0.717, 1.165) is 122 Å². The number of esters is 2. The fourth-order valence-electron chi connectivity index (χ4n) is 8.08. The van der Waals surface area contributed by atoms with E-state index in [4.69, 9.17) is 24.3 Å². The first-order valence-electron chi connectivity index (χ1n) is 30.7. The Balaban J connectivity index is 4.01. The van der Waals surface area contributed by atoms with E-state index in [-0.39, 0.29) is 38.6 Å². The van der Waals surface area contributed by atoms with E-state index < -0.39 is 26.5 Å². The lowest BCUT2D eigenvalue weighted by atomic mass is 10.0. The molecule has 0 saturated heterocycles. The second kappa shape index (κ2) is 61.4. The van der Waals surface area contributed by atoms with Crippen LogP contribution in [-0.2, 0) is 32.7 Å². The Kier molecular flexibility index (Phi) is 58.3. The minimum Gasteiger partial charge on any atom is -0.462 e. The molecule has 77 heavy (non-hydrogen) atoms. The zero-order valence-electron chi connectivity index (χ0n) is 48.9. The number of hydrogen-bond donors (Lipinski definition) is 2. The van der Waals surface area contributed by atoms with Gasteiger partial charge in [0.05, 0.1) is 13.2 Å². The highest BCUT2D eigenvalue weighted by atomic mass is 31.2. The van der Waals surface area contributed by atoms with Crippen LogP contribution in [0.4, 0.5) is 0 Å². The number of phosphoric acid groups is 1. The minimum absolute atomic E-state index is 0.0435. The summed E-state index contributed by atoms with van der Waals surface area (Å²) in [6.45, 7) is 3.49. The number of allylic oxidation sites excluding steroid dienone is 22. The van der Waals surface area contributed by atoms with Crippen molar-refractivity contribution in [2.45, 2.75) is 251 Å². The molecule has 0 heterocycles.